The van der Waals surface area contributed by atoms with E-state index in [4.69, 9.17) is 5.73 Å². The average Bonchev–Trinajstić information content (AvgIpc) is 2.60. The normalized spacial score (nSPS) is 24.8. The van der Waals surface area contributed by atoms with Gasteiger partial charge < -0.3 is 5.73 Å². The Hall–Kier alpha value is -0.210. The molecule has 0 saturated carbocycles. The molecule has 0 bridgehead atoms. The first-order valence-corrected chi connectivity index (χ1v) is 7.51. The SMILES string of the molecule is CC1CN(S(=O)(=O)c2cncc(Br)c2)CC1N.Cl. The molecule has 1 saturated heterocycles. The molecule has 2 atom stereocenters. The number of aromatic nitrogens is 1. The summed E-state index contributed by atoms with van der Waals surface area (Å²) < 4.78 is 26.6. The van der Waals surface area contributed by atoms with E-state index in [0.29, 0.717) is 17.6 Å². The summed E-state index contributed by atoms with van der Waals surface area (Å²) in [5.41, 5.74) is 5.84. The molecule has 18 heavy (non-hydrogen) atoms. The predicted molar refractivity (Wildman–Crippen MR) is 75.1 cm³/mol. The highest BCUT2D eigenvalue weighted by Gasteiger charge is 2.35. The zero-order valence-corrected chi connectivity index (χ0v) is 13.0. The lowest BCUT2D eigenvalue weighted by molar-refractivity contribution is 0.464. The van der Waals surface area contributed by atoms with E-state index in [0.717, 1.165) is 0 Å². The maximum atomic E-state index is 12.3. The molecule has 1 fully saturated rings. The van der Waals surface area contributed by atoms with E-state index in [1.54, 1.807) is 12.3 Å². The van der Waals surface area contributed by atoms with Crippen LogP contribution in [0, 0.1) is 5.92 Å². The summed E-state index contributed by atoms with van der Waals surface area (Å²) in [5.74, 6) is 0.185. The van der Waals surface area contributed by atoms with E-state index < -0.39 is 10.0 Å². The van der Waals surface area contributed by atoms with Crippen molar-refractivity contribution in [3.8, 4) is 0 Å². The van der Waals surface area contributed by atoms with Gasteiger partial charge in [0, 0.05) is 36.0 Å². The number of rotatable bonds is 2. The summed E-state index contributed by atoms with van der Waals surface area (Å²) >= 11 is 3.22. The van der Waals surface area contributed by atoms with Crippen LogP contribution in [0.2, 0.25) is 0 Å². The fourth-order valence-electron chi connectivity index (χ4n) is 1.82. The Kier molecular flexibility index (Phi) is 5.13. The first kappa shape index (κ1) is 15.8. The quantitative estimate of drug-likeness (QED) is 0.865. The van der Waals surface area contributed by atoms with Gasteiger partial charge in [-0.3, -0.25) is 4.98 Å². The highest BCUT2D eigenvalue weighted by Crippen LogP contribution is 2.24. The topological polar surface area (TPSA) is 76.3 Å². The third-order valence-electron chi connectivity index (χ3n) is 2.95. The number of sulfonamides is 1. The van der Waals surface area contributed by atoms with Crippen molar-refractivity contribution < 1.29 is 8.42 Å². The van der Waals surface area contributed by atoms with Crippen molar-refractivity contribution in [1.29, 1.82) is 0 Å². The van der Waals surface area contributed by atoms with Crippen LogP contribution in [0.15, 0.2) is 27.8 Å². The third-order valence-corrected chi connectivity index (χ3v) is 5.19. The molecule has 0 spiro atoms. The van der Waals surface area contributed by atoms with E-state index in [1.165, 1.54) is 10.5 Å². The van der Waals surface area contributed by atoms with Crippen LogP contribution in [0.3, 0.4) is 0 Å². The standard InChI is InChI=1S/C10H14BrN3O2S.ClH/c1-7-5-14(6-10(7)12)17(15,16)9-2-8(11)3-13-4-9;/h2-4,7,10H,5-6,12H2,1H3;1H. The monoisotopic (exact) mass is 355 g/mol. The second-order valence-corrected chi connectivity index (χ2v) is 7.16. The minimum Gasteiger partial charge on any atom is -0.326 e. The van der Waals surface area contributed by atoms with Crippen LogP contribution in [-0.4, -0.2) is 36.8 Å². The molecule has 0 radical (unpaired) electrons. The Morgan fingerprint density at radius 2 is 2.11 bits per heavy atom. The summed E-state index contributed by atoms with van der Waals surface area (Å²) in [4.78, 5) is 4.08. The first-order valence-electron chi connectivity index (χ1n) is 5.27. The molecule has 0 aliphatic carbocycles. The Morgan fingerprint density at radius 3 is 2.61 bits per heavy atom. The number of nitrogens with zero attached hydrogens (tertiary/aromatic N) is 2. The van der Waals surface area contributed by atoms with Gasteiger partial charge in [0.1, 0.15) is 4.90 Å². The van der Waals surface area contributed by atoms with Crippen molar-refractivity contribution in [3.63, 3.8) is 0 Å². The van der Waals surface area contributed by atoms with Crippen LogP contribution in [0.4, 0.5) is 0 Å². The van der Waals surface area contributed by atoms with Crippen LogP contribution in [0.5, 0.6) is 0 Å². The number of hydrogen-bond donors (Lipinski definition) is 1. The van der Waals surface area contributed by atoms with Gasteiger partial charge in [-0.15, -0.1) is 12.4 Å². The van der Waals surface area contributed by atoms with Gasteiger partial charge in [0.05, 0.1) is 0 Å². The zero-order valence-electron chi connectivity index (χ0n) is 9.78. The van der Waals surface area contributed by atoms with Gasteiger partial charge in [-0.05, 0) is 27.9 Å². The molecule has 102 valence electrons. The average molecular weight is 357 g/mol. The van der Waals surface area contributed by atoms with E-state index in [2.05, 4.69) is 20.9 Å². The Morgan fingerprint density at radius 1 is 1.44 bits per heavy atom. The highest BCUT2D eigenvalue weighted by atomic mass is 79.9. The fourth-order valence-corrected chi connectivity index (χ4v) is 3.91. The fraction of sp³-hybridized carbons (Fsp3) is 0.500. The molecule has 1 aliphatic heterocycles. The molecule has 0 aromatic carbocycles. The molecule has 1 aromatic rings. The van der Waals surface area contributed by atoms with Gasteiger partial charge >= 0.3 is 0 Å². The lowest BCUT2D eigenvalue weighted by Gasteiger charge is -2.15. The van der Waals surface area contributed by atoms with Crippen LogP contribution in [0.25, 0.3) is 0 Å². The molecule has 1 aromatic heterocycles. The number of pyridine rings is 1. The van der Waals surface area contributed by atoms with Gasteiger partial charge in [-0.1, -0.05) is 6.92 Å². The van der Waals surface area contributed by atoms with Gasteiger partial charge in [0.2, 0.25) is 10.0 Å². The van der Waals surface area contributed by atoms with Gasteiger partial charge in [-0.2, -0.15) is 4.31 Å². The van der Waals surface area contributed by atoms with Crippen molar-refractivity contribution in [3.05, 3.63) is 22.9 Å². The van der Waals surface area contributed by atoms with Gasteiger partial charge in [0.15, 0.2) is 0 Å². The number of hydrogen-bond acceptors (Lipinski definition) is 4. The van der Waals surface area contributed by atoms with Crippen molar-refractivity contribution in [1.82, 2.24) is 9.29 Å². The molecule has 2 heterocycles. The summed E-state index contributed by atoms with van der Waals surface area (Å²) in [5, 5.41) is 0. The summed E-state index contributed by atoms with van der Waals surface area (Å²) in [6, 6.07) is 1.46. The third kappa shape index (κ3) is 3.03. The van der Waals surface area contributed by atoms with Crippen LogP contribution >= 0.6 is 28.3 Å². The van der Waals surface area contributed by atoms with Crippen molar-refractivity contribution in [2.75, 3.05) is 13.1 Å². The number of nitrogens with two attached hydrogens (primary N) is 1. The summed E-state index contributed by atoms with van der Waals surface area (Å²) in [6.45, 7) is 2.80. The second kappa shape index (κ2) is 5.83. The van der Waals surface area contributed by atoms with E-state index in [9.17, 15) is 8.42 Å². The Labute approximate surface area is 121 Å². The van der Waals surface area contributed by atoms with Crippen LogP contribution < -0.4 is 5.73 Å². The minimum atomic E-state index is -3.47. The van der Waals surface area contributed by atoms with Crippen LogP contribution in [-0.2, 0) is 10.0 Å². The molecule has 1 aliphatic rings. The molecule has 2 N–H and O–H groups in total. The highest BCUT2D eigenvalue weighted by molar-refractivity contribution is 9.10. The lowest BCUT2D eigenvalue weighted by Crippen LogP contribution is -2.32. The molecule has 2 unspecified atom stereocenters. The number of halogens is 2. The van der Waals surface area contributed by atoms with Crippen molar-refractivity contribution in [2.45, 2.75) is 17.9 Å². The maximum Gasteiger partial charge on any atom is 0.244 e. The summed E-state index contributed by atoms with van der Waals surface area (Å²) in [6.07, 6.45) is 2.91. The molecule has 2 rings (SSSR count). The van der Waals surface area contributed by atoms with Crippen molar-refractivity contribution in [2.24, 2.45) is 11.7 Å². The molecule has 8 heteroatoms. The maximum absolute atomic E-state index is 12.3. The van der Waals surface area contributed by atoms with Gasteiger partial charge in [0.25, 0.3) is 0 Å². The predicted octanol–water partition coefficient (Wildman–Crippen LogP) is 1.23. The van der Waals surface area contributed by atoms with Crippen LogP contribution in [0.1, 0.15) is 6.92 Å². The first-order chi connectivity index (χ1) is 7.91. The lowest BCUT2D eigenvalue weighted by atomic mass is 10.1. The Bertz CT molecular complexity index is 516. The van der Waals surface area contributed by atoms with Crippen molar-refractivity contribution >= 4 is 38.4 Å². The molecule has 0 amide bonds. The largest absolute Gasteiger partial charge is 0.326 e. The zero-order chi connectivity index (χ0) is 12.6. The molecular weight excluding hydrogens is 342 g/mol. The molecular formula is C10H15BrClN3O2S. The van der Waals surface area contributed by atoms with Gasteiger partial charge in [-0.25, -0.2) is 8.42 Å². The summed E-state index contributed by atoms with van der Waals surface area (Å²) in [7, 11) is -3.47. The molecule has 5 nitrogen and oxygen atoms in total. The van der Waals surface area contributed by atoms with E-state index in [1.807, 2.05) is 6.92 Å². The van der Waals surface area contributed by atoms with E-state index in [-0.39, 0.29) is 29.3 Å². The smallest absolute Gasteiger partial charge is 0.244 e. The second-order valence-electron chi connectivity index (χ2n) is 4.30. The van der Waals surface area contributed by atoms with E-state index >= 15 is 0 Å². The Balaban J connectivity index is 0.00000162. The minimum absolute atomic E-state index is 0.